The first kappa shape index (κ1) is 13.7. The minimum Gasteiger partial charge on any atom is -0.497 e. The smallest absolute Gasteiger partial charge is 0.227 e. The monoisotopic (exact) mass is 271 g/mol. The van der Waals surface area contributed by atoms with E-state index < -0.39 is 0 Å². The zero-order valence-corrected chi connectivity index (χ0v) is 11.1. The largest absolute Gasteiger partial charge is 0.497 e. The molecule has 0 fully saturated rings. The number of Topliss-reactive ketones (excluding diaryl/α,β-unsaturated/α-hetero) is 1. The number of hydrogen-bond donors (Lipinski definition) is 1. The lowest BCUT2D eigenvalue weighted by Crippen LogP contribution is -2.37. The number of nitrogens with zero attached hydrogens (tertiary/aromatic N) is 2. The number of pyridine rings is 1. The molecule has 0 saturated heterocycles. The van der Waals surface area contributed by atoms with Gasteiger partial charge in [0.2, 0.25) is 12.3 Å². The second-order valence-electron chi connectivity index (χ2n) is 4.20. The van der Waals surface area contributed by atoms with Crippen molar-refractivity contribution in [1.29, 1.82) is 0 Å². The predicted molar refractivity (Wildman–Crippen MR) is 73.3 cm³/mol. The fourth-order valence-electron chi connectivity index (χ4n) is 1.78. The molecule has 0 aliphatic carbocycles. The first-order valence-corrected chi connectivity index (χ1v) is 6.06. The summed E-state index contributed by atoms with van der Waals surface area (Å²) in [5.74, 6) is 0.660. The summed E-state index contributed by atoms with van der Waals surface area (Å²) < 4.78 is 6.86. The normalized spacial score (nSPS) is 10.7. The highest BCUT2D eigenvalue weighted by atomic mass is 16.5. The van der Waals surface area contributed by atoms with Gasteiger partial charge in [-0.2, -0.15) is 4.57 Å². The Morgan fingerprint density at radius 2 is 2.10 bits per heavy atom. The number of ketones is 1. The zero-order chi connectivity index (χ0) is 14.4. The Labute approximate surface area is 116 Å². The lowest BCUT2D eigenvalue weighted by Gasteiger charge is -2.02. The van der Waals surface area contributed by atoms with E-state index in [0.29, 0.717) is 11.3 Å². The Balaban J connectivity index is 2.10. The van der Waals surface area contributed by atoms with E-state index in [-0.39, 0.29) is 12.3 Å². The van der Waals surface area contributed by atoms with Gasteiger partial charge >= 0.3 is 0 Å². The molecule has 1 N–H and O–H groups in total. The van der Waals surface area contributed by atoms with E-state index in [4.69, 9.17) is 9.94 Å². The SMILES string of the molecule is COc1cccc(C(=O)C[n+]2ccc(C=NO)cc2)c1. The van der Waals surface area contributed by atoms with Gasteiger partial charge in [0.05, 0.1) is 13.3 Å². The van der Waals surface area contributed by atoms with Crippen molar-refractivity contribution in [3.63, 3.8) is 0 Å². The summed E-state index contributed by atoms with van der Waals surface area (Å²) in [5, 5.41) is 11.4. The molecule has 0 saturated carbocycles. The van der Waals surface area contributed by atoms with Crippen LogP contribution < -0.4 is 9.30 Å². The summed E-state index contributed by atoms with van der Waals surface area (Å²) in [6, 6.07) is 10.6. The van der Waals surface area contributed by atoms with Crippen LogP contribution in [0.3, 0.4) is 0 Å². The molecule has 1 aromatic heterocycles. The lowest BCUT2D eigenvalue weighted by atomic mass is 10.1. The molecule has 0 radical (unpaired) electrons. The van der Waals surface area contributed by atoms with E-state index >= 15 is 0 Å². The number of rotatable bonds is 5. The van der Waals surface area contributed by atoms with Gasteiger partial charge in [0, 0.05) is 23.3 Å². The second kappa shape index (κ2) is 6.47. The van der Waals surface area contributed by atoms with Crippen molar-refractivity contribution in [1.82, 2.24) is 0 Å². The molecule has 5 nitrogen and oxygen atoms in total. The zero-order valence-electron chi connectivity index (χ0n) is 11.1. The topological polar surface area (TPSA) is 62.8 Å². The minimum absolute atomic E-state index is 0.00234. The third kappa shape index (κ3) is 3.41. The van der Waals surface area contributed by atoms with Gasteiger partial charge in [-0.05, 0) is 12.1 Å². The highest BCUT2D eigenvalue weighted by molar-refractivity contribution is 5.95. The van der Waals surface area contributed by atoms with Crippen molar-refractivity contribution < 1.29 is 19.3 Å². The van der Waals surface area contributed by atoms with Gasteiger partial charge in [-0.3, -0.25) is 4.79 Å². The first-order chi connectivity index (χ1) is 9.72. The number of methoxy groups -OCH3 is 1. The van der Waals surface area contributed by atoms with Crippen molar-refractivity contribution in [2.24, 2.45) is 5.16 Å². The van der Waals surface area contributed by atoms with Crippen LogP contribution in [0.25, 0.3) is 0 Å². The van der Waals surface area contributed by atoms with E-state index in [2.05, 4.69) is 5.16 Å². The van der Waals surface area contributed by atoms with E-state index in [1.807, 2.05) is 0 Å². The van der Waals surface area contributed by atoms with E-state index in [1.54, 1.807) is 60.5 Å². The summed E-state index contributed by atoms with van der Waals surface area (Å²) in [4.78, 5) is 12.2. The fraction of sp³-hybridized carbons (Fsp3) is 0.133. The predicted octanol–water partition coefficient (Wildman–Crippen LogP) is 1.67. The molecule has 1 aromatic carbocycles. The van der Waals surface area contributed by atoms with Gasteiger partial charge in [0.25, 0.3) is 0 Å². The molecule has 102 valence electrons. The molecule has 2 rings (SSSR count). The molecule has 0 bridgehead atoms. The molecule has 2 aromatic rings. The van der Waals surface area contributed by atoms with Crippen LogP contribution in [0.1, 0.15) is 15.9 Å². The number of oxime groups is 1. The van der Waals surface area contributed by atoms with Crippen LogP contribution in [-0.2, 0) is 6.54 Å². The average molecular weight is 271 g/mol. The summed E-state index contributed by atoms with van der Waals surface area (Å²) >= 11 is 0. The molecule has 0 aliphatic heterocycles. The Hall–Kier alpha value is -2.69. The van der Waals surface area contributed by atoms with Crippen LogP contribution in [-0.4, -0.2) is 24.3 Å². The average Bonchev–Trinajstić information content (AvgIpc) is 2.49. The van der Waals surface area contributed by atoms with Crippen molar-refractivity contribution in [2.75, 3.05) is 7.11 Å². The van der Waals surface area contributed by atoms with Crippen LogP contribution in [0.15, 0.2) is 53.9 Å². The Kier molecular flexibility index (Phi) is 4.44. The maximum absolute atomic E-state index is 12.2. The summed E-state index contributed by atoms with van der Waals surface area (Å²) in [5.41, 5.74) is 1.37. The van der Waals surface area contributed by atoms with E-state index in [1.165, 1.54) is 6.21 Å². The Morgan fingerprint density at radius 3 is 2.75 bits per heavy atom. The molecular formula is C15H15N2O3+. The molecule has 0 unspecified atom stereocenters. The second-order valence-corrected chi connectivity index (χ2v) is 4.20. The lowest BCUT2D eigenvalue weighted by molar-refractivity contribution is -0.683. The van der Waals surface area contributed by atoms with Crippen LogP contribution >= 0.6 is 0 Å². The minimum atomic E-state index is -0.00234. The maximum atomic E-state index is 12.2. The number of hydrogen-bond acceptors (Lipinski definition) is 4. The van der Waals surface area contributed by atoms with Gasteiger partial charge in [-0.25, -0.2) is 0 Å². The Bertz CT molecular complexity index is 621. The van der Waals surface area contributed by atoms with Crippen molar-refractivity contribution in [2.45, 2.75) is 6.54 Å². The standard InChI is InChI=1S/C15H14N2O3/c1-20-14-4-2-3-13(9-14)15(18)11-17-7-5-12(6-8-17)10-16-19/h2-10H,11H2,1H3/p+1. The van der Waals surface area contributed by atoms with Crippen molar-refractivity contribution in [3.8, 4) is 5.75 Å². The number of aromatic nitrogens is 1. The molecule has 0 spiro atoms. The maximum Gasteiger partial charge on any atom is 0.227 e. The summed E-state index contributed by atoms with van der Waals surface area (Å²) in [6.45, 7) is 0.240. The molecule has 0 amide bonds. The highest BCUT2D eigenvalue weighted by Crippen LogP contribution is 2.12. The van der Waals surface area contributed by atoms with Gasteiger partial charge in [0.15, 0.2) is 12.4 Å². The Morgan fingerprint density at radius 1 is 1.35 bits per heavy atom. The molecule has 0 atom stereocenters. The third-order valence-corrected chi connectivity index (χ3v) is 2.84. The number of carbonyl (C=O) groups is 1. The van der Waals surface area contributed by atoms with Crippen LogP contribution in [0, 0.1) is 0 Å². The van der Waals surface area contributed by atoms with Crippen LogP contribution in [0.2, 0.25) is 0 Å². The summed E-state index contributed by atoms with van der Waals surface area (Å²) in [7, 11) is 1.57. The molecule has 5 heteroatoms. The number of carbonyl (C=O) groups excluding carboxylic acids is 1. The van der Waals surface area contributed by atoms with Crippen molar-refractivity contribution in [3.05, 3.63) is 59.9 Å². The summed E-state index contributed by atoms with van der Waals surface area (Å²) in [6.07, 6.45) is 4.85. The molecule has 1 heterocycles. The molecule has 0 aliphatic rings. The molecular weight excluding hydrogens is 256 g/mol. The van der Waals surface area contributed by atoms with Crippen LogP contribution in [0.4, 0.5) is 0 Å². The highest BCUT2D eigenvalue weighted by Gasteiger charge is 2.12. The van der Waals surface area contributed by atoms with Gasteiger partial charge in [-0.15, -0.1) is 0 Å². The fourth-order valence-corrected chi connectivity index (χ4v) is 1.78. The van der Waals surface area contributed by atoms with Gasteiger partial charge in [0.1, 0.15) is 5.75 Å². The van der Waals surface area contributed by atoms with Gasteiger partial charge in [-0.1, -0.05) is 17.3 Å². The quantitative estimate of drug-likeness (QED) is 0.296. The van der Waals surface area contributed by atoms with Crippen LogP contribution in [0.5, 0.6) is 5.75 Å². The van der Waals surface area contributed by atoms with Crippen molar-refractivity contribution >= 4 is 12.0 Å². The van der Waals surface area contributed by atoms with E-state index in [9.17, 15) is 4.79 Å². The number of benzene rings is 1. The third-order valence-electron chi connectivity index (χ3n) is 2.84. The van der Waals surface area contributed by atoms with E-state index in [0.717, 1.165) is 5.56 Å². The number of ether oxygens (including phenoxy) is 1. The molecule has 20 heavy (non-hydrogen) atoms. The first-order valence-electron chi connectivity index (χ1n) is 6.06. The van der Waals surface area contributed by atoms with Gasteiger partial charge < -0.3 is 9.94 Å².